The molecule has 3 rings (SSSR count). The first kappa shape index (κ1) is 15.6. The van der Waals surface area contributed by atoms with Gasteiger partial charge in [-0.25, -0.2) is 4.68 Å². The minimum Gasteiger partial charge on any atom is -0.326 e. The predicted molar refractivity (Wildman–Crippen MR) is 88.3 cm³/mol. The molecule has 0 saturated heterocycles. The molecule has 1 saturated carbocycles. The number of hydrogen-bond donors (Lipinski definition) is 1. The smallest absolute Gasteiger partial charge is 0.224 e. The van der Waals surface area contributed by atoms with E-state index in [1.807, 2.05) is 25.1 Å². The zero-order chi connectivity index (χ0) is 16.1. The molecule has 1 N–H and O–H groups in total. The molecular weight excluding hydrogens is 290 g/mol. The molecule has 6 heteroatoms. The van der Waals surface area contributed by atoms with Gasteiger partial charge in [0.2, 0.25) is 5.91 Å². The van der Waals surface area contributed by atoms with Crippen molar-refractivity contribution in [3.63, 3.8) is 0 Å². The van der Waals surface area contributed by atoms with Crippen molar-refractivity contribution < 1.29 is 4.79 Å². The molecule has 1 fully saturated rings. The average Bonchev–Trinajstić information content (AvgIpc) is 3.08. The average molecular weight is 313 g/mol. The van der Waals surface area contributed by atoms with Gasteiger partial charge in [0.05, 0.1) is 5.69 Å². The molecule has 1 heterocycles. The Labute approximate surface area is 136 Å². The Balaban J connectivity index is 1.55. The molecule has 1 aliphatic carbocycles. The number of aryl methyl sites for hydroxylation is 1. The summed E-state index contributed by atoms with van der Waals surface area (Å²) in [5, 5.41) is 14.2. The van der Waals surface area contributed by atoms with E-state index in [-0.39, 0.29) is 5.91 Å². The summed E-state index contributed by atoms with van der Waals surface area (Å²) in [6.07, 6.45) is 9.75. The number of nitrogens with zero attached hydrogens (tertiary/aromatic N) is 4. The van der Waals surface area contributed by atoms with Crippen LogP contribution >= 0.6 is 0 Å². The highest BCUT2D eigenvalue weighted by molar-refractivity contribution is 5.90. The van der Waals surface area contributed by atoms with Crippen molar-refractivity contribution in [2.75, 3.05) is 5.32 Å². The summed E-state index contributed by atoms with van der Waals surface area (Å²) in [5.41, 5.74) is 2.76. The largest absolute Gasteiger partial charge is 0.326 e. The molecule has 0 spiro atoms. The quantitative estimate of drug-likeness (QED) is 0.919. The molecule has 0 atom stereocenters. The fourth-order valence-electron chi connectivity index (χ4n) is 3.30. The van der Waals surface area contributed by atoms with Gasteiger partial charge in [0.25, 0.3) is 0 Å². The number of carbonyl (C=O) groups excluding carboxylic acids is 1. The molecule has 2 aromatic rings. The minimum atomic E-state index is 0.102. The lowest BCUT2D eigenvalue weighted by atomic mass is 9.86. The van der Waals surface area contributed by atoms with Crippen molar-refractivity contribution in [2.45, 2.75) is 51.9 Å². The van der Waals surface area contributed by atoms with E-state index >= 15 is 0 Å². The van der Waals surface area contributed by atoms with Crippen LogP contribution in [0.4, 0.5) is 5.69 Å². The second kappa shape index (κ2) is 7.35. The van der Waals surface area contributed by atoms with E-state index in [4.69, 9.17) is 0 Å². The molecule has 122 valence electrons. The Kier molecular flexibility index (Phi) is 5.00. The summed E-state index contributed by atoms with van der Waals surface area (Å²) in [6, 6.07) is 5.76. The van der Waals surface area contributed by atoms with Crippen molar-refractivity contribution in [2.24, 2.45) is 5.92 Å². The molecule has 1 aliphatic rings. The normalized spacial score (nSPS) is 15.5. The van der Waals surface area contributed by atoms with Gasteiger partial charge in [-0.05, 0) is 53.5 Å². The van der Waals surface area contributed by atoms with Gasteiger partial charge in [-0.15, -0.1) is 5.10 Å². The van der Waals surface area contributed by atoms with Crippen LogP contribution in [0.2, 0.25) is 0 Å². The summed E-state index contributed by atoms with van der Waals surface area (Å²) in [6.45, 7) is 1.98. The highest BCUT2D eigenvalue weighted by Gasteiger charge is 2.15. The molecule has 1 amide bonds. The topological polar surface area (TPSA) is 72.7 Å². The van der Waals surface area contributed by atoms with Gasteiger partial charge in [0.15, 0.2) is 0 Å². The van der Waals surface area contributed by atoms with Gasteiger partial charge < -0.3 is 5.32 Å². The number of amides is 1. The zero-order valence-corrected chi connectivity index (χ0v) is 13.5. The lowest BCUT2D eigenvalue weighted by Crippen LogP contribution is -2.15. The van der Waals surface area contributed by atoms with Gasteiger partial charge in [-0.3, -0.25) is 4.79 Å². The van der Waals surface area contributed by atoms with E-state index in [0.29, 0.717) is 6.42 Å². The van der Waals surface area contributed by atoms with Gasteiger partial charge >= 0.3 is 0 Å². The molecule has 23 heavy (non-hydrogen) atoms. The minimum absolute atomic E-state index is 0.102. The maximum Gasteiger partial charge on any atom is 0.224 e. The summed E-state index contributed by atoms with van der Waals surface area (Å²) < 4.78 is 1.62. The fraction of sp³-hybridized carbons (Fsp3) is 0.529. The Morgan fingerprint density at radius 1 is 1.30 bits per heavy atom. The van der Waals surface area contributed by atoms with Crippen LogP contribution in [0.5, 0.6) is 0 Å². The summed E-state index contributed by atoms with van der Waals surface area (Å²) >= 11 is 0. The molecule has 0 aliphatic heterocycles. The molecule has 0 unspecified atom stereocenters. The van der Waals surface area contributed by atoms with Gasteiger partial charge in [-0.1, -0.05) is 32.1 Å². The maximum absolute atomic E-state index is 12.1. The number of rotatable bonds is 5. The second-order valence-electron chi connectivity index (χ2n) is 6.35. The first-order valence-electron chi connectivity index (χ1n) is 8.36. The van der Waals surface area contributed by atoms with Crippen molar-refractivity contribution >= 4 is 11.6 Å². The van der Waals surface area contributed by atoms with Crippen LogP contribution in [0.1, 0.15) is 50.5 Å². The number of aromatic nitrogens is 4. The first-order valence-corrected chi connectivity index (χ1v) is 8.36. The van der Waals surface area contributed by atoms with E-state index in [2.05, 4.69) is 20.8 Å². The fourth-order valence-corrected chi connectivity index (χ4v) is 3.30. The summed E-state index contributed by atoms with van der Waals surface area (Å²) in [5.74, 6) is 0.837. The monoisotopic (exact) mass is 313 g/mol. The van der Waals surface area contributed by atoms with Gasteiger partial charge in [-0.2, -0.15) is 0 Å². The number of anilines is 1. The maximum atomic E-state index is 12.1. The third kappa shape index (κ3) is 4.15. The zero-order valence-electron chi connectivity index (χ0n) is 13.5. The second-order valence-corrected chi connectivity index (χ2v) is 6.35. The number of benzene rings is 1. The van der Waals surface area contributed by atoms with Crippen LogP contribution < -0.4 is 5.32 Å². The van der Waals surface area contributed by atoms with E-state index in [9.17, 15) is 4.79 Å². The lowest BCUT2D eigenvalue weighted by Gasteiger charge is -2.21. The predicted octanol–water partition coefficient (Wildman–Crippen LogP) is 3.27. The highest BCUT2D eigenvalue weighted by Crippen LogP contribution is 2.27. The van der Waals surface area contributed by atoms with Crippen LogP contribution in [-0.2, 0) is 4.79 Å². The SMILES string of the molecule is Cc1cc(NC(=O)CCC2CCCCC2)ccc1-n1cnnn1. The van der Waals surface area contributed by atoms with Crippen LogP contribution in [0.15, 0.2) is 24.5 Å². The van der Waals surface area contributed by atoms with Crippen molar-refractivity contribution in [3.8, 4) is 5.69 Å². The molecule has 0 bridgehead atoms. The summed E-state index contributed by atoms with van der Waals surface area (Å²) in [4.78, 5) is 12.1. The third-order valence-corrected chi connectivity index (χ3v) is 4.58. The molecule has 1 aromatic carbocycles. The van der Waals surface area contributed by atoms with Gasteiger partial charge in [0, 0.05) is 12.1 Å². The van der Waals surface area contributed by atoms with Crippen LogP contribution in [0, 0.1) is 12.8 Å². The Bertz CT molecular complexity index is 647. The molecular formula is C17H23N5O. The highest BCUT2D eigenvalue weighted by atomic mass is 16.1. The number of hydrogen-bond acceptors (Lipinski definition) is 4. The van der Waals surface area contributed by atoms with Crippen LogP contribution in [-0.4, -0.2) is 26.1 Å². The molecule has 0 radical (unpaired) electrons. The number of carbonyl (C=O) groups is 1. The number of nitrogens with one attached hydrogen (secondary N) is 1. The van der Waals surface area contributed by atoms with Crippen molar-refractivity contribution in [1.29, 1.82) is 0 Å². The van der Waals surface area contributed by atoms with Crippen LogP contribution in [0.25, 0.3) is 5.69 Å². The Morgan fingerprint density at radius 2 is 2.13 bits per heavy atom. The van der Waals surface area contributed by atoms with Gasteiger partial charge in [0.1, 0.15) is 6.33 Å². The molecule has 6 nitrogen and oxygen atoms in total. The van der Waals surface area contributed by atoms with E-state index in [1.54, 1.807) is 11.0 Å². The van der Waals surface area contributed by atoms with Crippen LogP contribution in [0.3, 0.4) is 0 Å². The van der Waals surface area contributed by atoms with E-state index < -0.39 is 0 Å². The Hall–Kier alpha value is -2.24. The van der Waals surface area contributed by atoms with Crippen molar-refractivity contribution in [1.82, 2.24) is 20.2 Å². The first-order chi connectivity index (χ1) is 11.2. The van der Waals surface area contributed by atoms with E-state index in [1.165, 1.54) is 32.1 Å². The standard InChI is InChI=1S/C17H23N5O/c1-13-11-15(8-9-16(13)22-12-18-20-21-22)19-17(23)10-7-14-5-3-2-4-6-14/h8-9,11-12,14H,2-7,10H2,1H3,(H,19,23). The van der Waals surface area contributed by atoms with E-state index in [0.717, 1.165) is 29.3 Å². The molecule has 1 aromatic heterocycles. The summed E-state index contributed by atoms with van der Waals surface area (Å²) in [7, 11) is 0. The third-order valence-electron chi connectivity index (χ3n) is 4.58. The Morgan fingerprint density at radius 3 is 2.83 bits per heavy atom. The van der Waals surface area contributed by atoms with Crippen molar-refractivity contribution in [3.05, 3.63) is 30.1 Å². The number of tetrazole rings is 1. The lowest BCUT2D eigenvalue weighted by molar-refractivity contribution is -0.116.